The van der Waals surface area contributed by atoms with Crippen molar-refractivity contribution < 1.29 is 14.7 Å². The highest BCUT2D eigenvalue weighted by molar-refractivity contribution is 5.94. The minimum atomic E-state index is -0.250. The molecule has 1 unspecified atom stereocenters. The van der Waals surface area contributed by atoms with Crippen LogP contribution < -0.4 is 5.32 Å². The van der Waals surface area contributed by atoms with Crippen LogP contribution in [0.2, 0.25) is 0 Å². The van der Waals surface area contributed by atoms with Gasteiger partial charge in [0.15, 0.2) is 0 Å². The molecule has 0 radical (unpaired) electrons. The summed E-state index contributed by atoms with van der Waals surface area (Å²) in [5, 5.41) is 11.7. The number of aliphatic hydroxyl groups is 1. The third kappa shape index (κ3) is 7.28. The number of amides is 2. The average Bonchev–Trinajstić information content (AvgIpc) is 2.54. The normalized spacial score (nSPS) is 11.8. The maximum atomic E-state index is 12.0. The third-order valence-corrected chi connectivity index (χ3v) is 3.70. The molecule has 1 rings (SSSR count). The van der Waals surface area contributed by atoms with E-state index in [-0.39, 0.29) is 24.5 Å². The van der Waals surface area contributed by atoms with Crippen molar-refractivity contribution in [2.75, 3.05) is 20.7 Å². The van der Waals surface area contributed by atoms with Crippen molar-refractivity contribution in [3.8, 4) is 0 Å². The second-order valence-corrected chi connectivity index (χ2v) is 6.11. The van der Waals surface area contributed by atoms with Crippen LogP contribution in [-0.2, 0) is 11.2 Å². The Morgan fingerprint density at radius 1 is 1.22 bits per heavy atom. The number of nitrogens with zero attached hydrogens (tertiary/aromatic N) is 1. The number of aliphatic hydroxyl groups excluding tert-OH is 1. The van der Waals surface area contributed by atoms with Gasteiger partial charge in [-0.1, -0.05) is 18.6 Å². The lowest BCUT2D eigenvalue weighted by Gasteiger charge is -2.11. The highest BCUT2D eigenvalue weighted by atomic mass is 16.3. The first-order valence-electron chi connectivity index (χ1n) is 8.15. The van der Waals surface area contributed by atoms with Gasteiger partial charge in [-0.3, -0.25) is 9.59 Å². The van der Waals surface area contributed by atoms with Gasteiger partial charge in [0.05, 0.1) is 6.61 Å². The van der Waals surface area contributed by atoms with E-state index in [0.29, 0.717) is 12.0 Å². The van der Waals surface area contributed by atoms with Gasteiger partial charge in [-0.25, -0.2) is 0 Å². The fourth-order valence-corrected chi connectivity index (χ4v) is 2.23. The number of hydrogen-bond acceptors (Lipinski definition) is 3. The first-order chi connectivity index (χ1) is 10.9. The molecule has 0 bridgehead atoms. The Kier molecular flexibility index (Phi) is 8.33. The Balaban J connectivity index is 2.39. The predicted octanol–water partition coefficient (Wildman–Crippen LogP) is 1.99. The molecule has 23 heavy (non-hydrogen) atoms. The average molecular weight is 320 g/mol. The van der Waals surface area contributed by atoms with Gasteiger partial charge < -0.3 is 15.3 Å². The zero-order valence-electron chi connectivity index (χ0n) is 14.3. The molecule has 0 fully saturated rings. The minimum absolute atomic E-state index is 0.0723. The molecule has 5 nitrogen and oxygen atoms in total. The molecule has 0 aliphatic heterocycles. The Morgan fingerprint density at radius 2 is 1.96 bits per heavy atom. The molecule has 0 saturated carbocycles. The summed E-state index contributed by atoms with van der Waals surface area (Å²) >= 11 is 0. The number of aryl methyl sites for hydroxylation is 1. The summed E-state index contributed by atoms with van der Waals surface area (Å²) in [4.78, 5) is 25.1. The number of nitrogens with one attached hydrogen (secondary N) is 1. The van der Waals surface area contributed by atoms with Gasteiger partial charge in [0.1, 0.15) is 0 Å². The lowest BCUT2D eigenvalue weighted by Crippen LogP contribution is -2.34. The highest BCUT2D eigenvalue weighted by Gasteiger charge is 2.09. The highest BCUT2D eigenvalue weighted by Crippen LogP contribution is 2.11. The molecule has 1 aromatic rings. The minimum Gasteiger partial charge on any atom is -0.394 e. The lowest BCUT2D eigenvalue weighted by atomic mass is 10.0. The molecule has 0 saturated heterocycles. The van der Waals surface area contributed by atoms with Crippen LogP contribution in [0.15, 0.2) is 24.3 Å². The molecular formula is C18H28N2O3. The molecule has 0 aliphatic carbocycles. The van der Waals surface area contributed by atoms with Crippen molar-refractivity contribution in [2.24, 2.45) is 0 Å². The number of hydrogen-bond donors (Lipinski definition) is 2. The maximum Gasteiger partial charge on any atom is 0.251 e. The van der Waals surface area contributed by atoms with Crippen LogP contribution in [0.1, 0.15) is 48.5 Å². The van der Waals surface area contributed by atoms with Crippen LogP contribution in [0.25, 0.3) is 0 Å². The second kappa shape index (κ2) is 10.0. The van der Waals surface area contributed by atoms with E-state index in [1.165, 1.54) is 0 Å². The SMILES string of the molecule is CC(CO)NC(=O)c1cccc(CCCCCC(=O)N(C)C)c1. The van der Waals surface area contributed by atoms with Crippen molar-refractivity contribution in [3.05, 3.63) is 35.4 Å². The first-order valence-corrected chi connectivity index (χ1v) is 8.15. The fraction of sp³-hybridized carbons (Fsp3) is 0.556. The standard InChI is InChI=1S/C18H28N2O3/c1-14(13-21)19-18(23)16-10-7-9-15(12-16)8-5-4-6-11-17(22)20(2)3/h7,9-10,12,14,21H,4-6,8,11,13H2,1-3H3,(H,19,23). The van der Waals surface area contributed by atoms with Crippen molar-refractivity contribution in [1.82, 2.24) is 10.2 Å². The Bertz CT molecular complexity index is 515. The monoisotopic (exact) mass is 320 g/mol. The molecule has 2 N–H and O–H groups in total. The van der Waals surface area contributed by atoms with E-state index in [9.17, 15) is 9.59 Å². The van der Waals surface area contributed by atoms with Gasteiger partial charge in [0.25, 0.3) is 5.91 Å². The number of carbonyl (C=O) groups excluding carboxylic acids is 2. The van der Waals surface area contributed by atoms with Crippen LogP contribution >= 0.6 is 0 Å². The number of rotatable bonds is 9. The first kappa shape index (κ1) is 19.2. The van der Waals surface area contributed by atoms with E-state index >= 15 is 0 Å². The summed E-state index contributed by atoms with van der Waals surface area (Å²) in [7, 11) is 3.55. The van der Waals surface area contributed by atoms with Gasteiger partial charge in [0, 0.05) is 32.1 Å². The molecular weight excluding hydrogens is 292 g/mol. The van der Waals surface area contributed by atoms with E-state index in [2.05, 4.69) is 5.32 Å². The molecule has 0 spiro atoms. The molecule has 128 valence electrons. The summed E-state index contributed by atoms with van der Waals surface area (Å²) in [6, 6.07) is 7.31. The lowest BCUT2D eigenvalue weighted by molar-refractivity contribution is -0.128. The van der Waals surface area contributed by atoms with E-state index in [4.69, 9.17) is 5.11 Å². The number of carbonyl (C=O) groups is 2. The zero-order chi connectivity index (χ0) is 17.2. The second-order valence-electron chi connectivity index (χ2n) is 6.11. The van der Waals surface area contributed by atoms with Crippen LogP contribution in [0.4, 0.5) is 0 Å². The van der Waals surface area contributed by atoms with Gasteiger partial charge in [-0.2, -0.15) is 0 Å². The van der Waals surface area contributed by atoms with Gasteiger partial charge >= 0.3 is 0 Å². The topological polar surface area (TPSA) is 69.6 Å². The van der Waals surface area contributed by atoms with Crippen molar-refractivity contribution in [1.29, 1.82) is 0 Å². The van der Waals surface area contributed by atoms with Crippen LogP contribution in [0, 0.1) is 0 Å². The van der Waals surface area contributed by atoms with E-state index in [1.807, 2.05) is 18.2 Å². The summed E-state index contributed by atoms with van der Waals surface area (Å²) in [6.45, 7) is 1.69. The van der Waals surface area contributed by atoms with E-state index in [1.54, 1.807) is 32.0 Å². The van der Waals surface area contributed by atoms with Gasteiger partial charge in [-0.05, 0) is 43.9 Å². The van der Waals surface area contributed by atoms with E-state index in [0.717, 1.165) is 31.2 Å². The predicted molar refractivity (Wildman–Crippen MR) is 91.3 cm³/mol. The third-order valence-electron chi connectivity index (χ3n) is 3.70. The zero-order valence-corrected chi connectivity index (χ0v) is 14.3. The molecule has 1 aromatic carbocycles. The summed E-state index contributed by atoms with van der Waals surface area (Å²) in [5.74, 6) is 0.00616. The molecule has 2 amide bonds. The summed E-state index contributed by atoms with van der Waals surface area (Å²) in [6.07, 6.45) is 4.38. The Hall–Kier alpha value is -1.88. The van der Waals surface area contributed by atoms with Crippen molar-refractivity contribution in [2.45, 2.75) is 45.1 Å². The molecule has 0 aromatic heterocycles. The Labute approximate surface area is 138 Å². The molecule has 0 heterocycles. The maximum absolute atomic E-state index is 12.0. The smallest absolute Gasteiger partial charge is 0.251 e. The van der Waals surface area contributed by atoms with Crippen molar-refractivity contribution in [3.63, 3.8) is 0 Å². The van der Waals surface area contributed by atoms with E-state index < -0.39 is 0 Å². The van der Waals surface area contributed by atoms with Gasteiger partial charge in [-0.15, -0.1) is 0 Å². The Morgan fingerprint density at radius 3 is 2.61 bits per heavy atom. The number of benzene rings is 1. The summed E-state index contributed by atoms with van der Waals surface area (Å²) < 4.78 is 0. The summed E-state index contributed by atoms with van der Waals surface area (Å²) in [5.41, 5.74) is 1.74. The molecule has 1 atom stereocenters. The van der Waals surface area contributed by atoms with Gasteiger partial charge in [0.2, 0.25) is 5.91 Å². The van der Waals surface area contributed by atoms with Crippen LogP contribution in [0.3, 0.4) is 0 Å². The quantitative estimate of drug-likeness (QED) is 0.684. The largest absolute Gasteiger partial charge is 0.394 e. The molecule has 5 heteroatoms. The van der Waals surface area contributed by atoms with Crippen molar-refractivity contribution >= 4 is 11.8 Å². The fourth-order valence-electron chi connectivity index (χ4n) is 2.23. The van der Waals surface area contributed by atoms with Crippen LogP contribution in [-0.4, -0.2) is 48.6 Å². The number of unbranched alkanes of at least 4 members (excludes halogenated alkanes) is 2. The van der Waals surface area contributed by atoms with Crippen LogP contribution in [0.5, 0.6) is 0 Å². The molecule has 0 aliphatic rings.